The molecule has 0 aliphatic heterocycles. The lowest BCUT2D eigenvalue weighted by atomic mass is 10.2. The predicted octanol–water partition coefficient (Wildman–Crippen LogP) is 4.64. The fourth-order valence-corrected chi connectivity index (χ4v) is 5.01. The number of aryl methyl sites for hydroxylation is 1. The SMILES string of the molecule is Cc1noc(/C=C/c2ccc(S(=O)(=O)Nc3ccc(F)cc3F)s2)c1NC(=O)C1CC1. The molecule has 1 amide bonds. The van der Waals surface area contributed by atoms with Crippen molar-refractivity contribution in [2.75, 3.05) is 10.0 Å². The number of benzene rings is 1. The number of carbonyl (C=O) groups is 1. The summed E-state index contributed by atoms with van der Waals surface area (Å²) < 4.78 is 59.1. The molecule has 11 heteroatoms. The normalized spacial score (nSPS) is 14.2. The van der Waals surface area contributed by atoms with Gasteiger partial charge in [0.05, 0.1) is 5.69 Å². The molecule has 2 aromatic heterocycles. The Bertz CT molecular complexity index is 1280. The number of carbonyl (C=O) groups excluding carboxylic acids is 1. The highest BCUT2D eigenvalue weighted by molar-refractivity contribution is 7.94. The molecule has 1 aliphatic rings. The van der Waals surface area contributed by atoms with Gasteiger partial charge in [0.2, 0.25) is 5.91 Å². The summed E-state index contributed by atoms with van der Waals surface area (Å²) in [6.07, 6.45) is 4.93. The van der Waals surface area contributed by atoms with Gasteiger partial charge in [0.1, 0.15) is 27.2 Å². The molecule has 7 nitrogen and oxygen atoms in total. The van der Waals surface area contributed by atoms with Crippen LogP contribution in [0.3, 0.4) is 0 Å². The topological polar surface area (TPSA) is 101 Å². The number of thiophene rings is 1. The van der Waals surface area contributed by atoms with E-state index in [1.807, 2.05) is 0 Å². The Kier molecular flexibility index (Phi) is 5.63. The largest absolute Gasteiger partial charge is 0.354 e. The molecule has 0 saturated heterocycles. The summed E-state index contributed by atoms with van der Waals surface area (Å²) in [5.41, 5.74) is 0.666. The summed E-state index contributed by atoms with van der Waals surface area (Å²) in [6.45, 7) is 1.71. The van der Waals surface area contributed by atoms with Gasteiger partial charge in [-0.05, 0) is 56.2 Å². The van der Waals surface area contributed by atoms with Crippen LogP contribution in [0, 0.1) is 24.5 Å². The van der Waals surface area contributed by atoms with Crippen LogP contribution in [0.2, 0.25) is 0 Å². The Morgan fingerprint density at radius 1 is 1.23 bits per heavy atom. The Morgan fingerprint density at radius 3 is 2.71 bits per heavy atom. The van der Waals surface area contributed by atoms with Gasteiger partial charge >= 0.3 is 0 Å². The van der Waals surface area contributed by atoms with Crippen LogP contribution < -0.4 is 10.0 Å². The maximum absolute atomic E-state index is 13.8. The van der Waals surface area contributed by atoms with Crippen molar-refractivity contribution in [2.45, 2.75) is 24.0 Å². The van der Waals surface area contributed by atoms with Gasteiger partial charge in [0.25, 0.3) is 10.0 Å². The molecular weight excluding hydrogens is 448 g/mol. The molecule has 31 heavy (non-hydrogen) atoms. The Hall–Kier alpha value is -3.05. The minimum Gasteiger partial charge on any atom is -0.354 e. The lowest BCUT2D eigenvalue weighted by Crippen LogP contribution is -2.14. The van der Waals surface area contributed by atoms with E-state index in [0.29, 0.717) is 28.1 Å². The third-order valence-electron chi connectivity index (χ3n) is 4.53. The first kappa shape index (κ1) is 21.2. The maximum Gasteiger partial charge on any atom is 0.271 e. The number of nitrogens with zero attached hydrogens (tertiary/aromatic N) is 1. The number of amides is 1. The summed E-state index contributed by atoms with van der Waals surface area (Å²) in [6, 6.07) is 5.51. The lowest BCUT2D eigenvalue weighted by Gasteiger charge is -2.07. The first-order chi connectivity index (χ1) is 14.7. The van der Waals surface area contributed by atoms with Crippen LogP contribution in [0.15, 0.2) is 39.1 Å². The molecule has 162 valence electrons. The second-order valence-corrected chi connectivity index (χ2v) is 10.0. The van der Waals surface area contributed by atoms with Crippen molar-refractivity contribution in [3.05, 3.63) is 58.3 Å². The number of hydrogen-bond donors (Lipinski definition) is 2. The predicted molar refractivity (Wildman–Crippen MR) is 113 cm³/mol. The first-order valence-corrected chi connectivity index (χ1v) is 11.6. The fraction of sp³-hybridized carbons (Fsp3) is 0.200. The van der Waals surface area contributed by atoms with Gasteiger partial charge in [-0.25, -0.2) is 17.2 Å². The lowest BCUT2D eigenvalue weighted by molar-refractivity contribution is -0.117. The maximum atomic E-state index is 13.8. The molecule has 0 unspecified atom stereocenters. The Morgan fingerprint density at radius 2 is 2.00 bits per heavy atom. The summed E-state index contributed by atoms with van der Waals surface area (Å²) in [5, 5.41) is 6.67. The molecular formula is C20H17F2N3O4S2. The molecule has 4 rings (SSSR count). The standard InChI is InChI=1S/C20H17F2N3O4S2/c1-11-19(23-20(26)12-2-3-12)17(29-24-11)8-5-14-6-9-18(30-14)31(27,28)25-16-7-4-13(21)10-15(16)22/h4-10,12,25H,2-3H2,1H3,(H,23,26)/b8-5+. The molecule has 1 fully saturated rings. The Labute approximate surface area is 180 Å². The van der Waals surface area contributed by atoms with E-state index in [0.717, 1.165) is 36.3 Å². The van der Waals surface area contributed by atoms with Crippen molar-refractivity contribution in [1.82, 2.24) is 5.16 Å². The van der Waals surface area contributed by atoms with Gasteiger partial charge in [0, 0.05) is 16.9 Å². The number of sulfonamides is 1. The van der Waals surface area contributed by atoms with E-state index in [-0.39, 0.29) is 21.7 Å². The molecule has 0 atom stereocenters. The van der Waals surface area contributed by atoms with Crippen molar-refractivity contribution < 1.29 is 26.5 Å². The average Bonchev–Trinajstić information content (AvgIpc) is 3.36. The van der Waals surface area contributed by atoms with Crippen LogP contribution >= 0.6 is 11.3 Å². The zero-order valence-electron chi connectivity index (χ0n) is 16.2. The van der Waals surface area contributed by atoms with Crippen molar-refractivity contribution in [2.24, 2.45) is 5.92 Å². The van der Waals surface area contributed by atoms with E-state index in [1.54, 1.807) is 25.1 Å². The quantitative estimate of drug-likeness (QED) is 0.529. The van der Waals surface area contributed by atoms with E-state index in [9.17, 15) is 22.0 Å². The molecule has 1 aliphatic carbocycles. The Balaban J connectivity index is 1.50. The average molecular weight is 466 g/mol. The molecule has 1 aromatic carbocycles. The van der Waals surface area contributed by atoms with Crippen LogP contribution in [-0.2, 0) is 14.8 Å². The second-order valence-electron chi connectivity index (χ2n) is 6.99. The number of anilines is 2. The van der Waals surface area contributed by atoms with Crippen molar-refractivity contribution in [3.63, 3.8) is 0 Å². The van der Waals surface area contributed by atoms with E-state index in [1.165, 1.54) is 6.07 Å². The van der Waals surface area contributed by atoms with Crippen LogP contribution in [-0.4, -0.2) is 19.5 Å². The smallest absolute Gasteiger partial charge is 0.271 e. The van der Waals surface area contributed by atoms with Crippen molar-refractivity contribution >= 4 is 50.8 Å². The van der Waals surface area contributed by atoms with Crippen molar-refractivity contribution in [3.8, 4) is 0 Å². The highest BCUT2D eigenvalue weighted by Gasteiger charge is 2.30. The number of aromatic nitrogens is 1. The summed E-state index contributed by atoms with van der Waals surface area (Å²) in [4.78, 5) is 12.6. The van der Waals surface area contributed by atoms with E-state index < -0.39 is 21.7 Å². The van der Waals surface area contributed by atoms with Crippen LogP contribution in [0.5, 0.6) is 0 Å². The fourth-order valence-electron chi connectivity index (χ4n) is 2.72. The van der Waals surface area contributed by atoms with Gasteiger partial charge in [-0.15, -0.1) is 11.3 Å². The van der Waals surface area contributed by atoms with Gasteiger partial charge in [0.15, 0.2) is 5.76 Å². The zero-order valence-corrected chi connectivity index (χ0v) is 17.8. The third-order valence-corrected chi connectivity index (χ3v) is 7.43. The number of rotatable bonds is 7. The van der Waals surface area contributed by atoms with Gasteiger partial charge in [-0.1, -0.05) is 5.16 Å². The van der Waals surface area contributed by atoms with Gasteiger partial charge < -0.3 is 9.84 Å². The number of nitrogens with one attached hydrogen (secondary N) is 2. The molecule has 3 aromatic rings. The van der Waals surface area contributed by atoms with Crippen LogP contribution in [0.1, 0.15) is 29.2 Å². The molecule has 0 bridgehead atoms. The summed E-state index contributed by atoms with van der Waals surface area (Å²) in [5.74, 6) is -1.53. The highest BCUT2D eigenvalue weighted by Crippen LogP contribution is 2.32. The van der Waals surface area contributed by atoms with Crippen LogP contribution in [0.4, 0.5) is 20.2 Å². The third kappa shape index (κ3) is 4.83. The van der Waals surface area contributed by atoms with Gasteiger partial charge in [-0.2, -0.15) is 0 Å². The summed E-state index contributed by atoms with van der Waals surface area (Å²) >= 11 is 0.946. The highest BCUT2D eigenvalue weighted by atomic mass is 32.2. The van der Waals surface area contributed by atoms with E-state index >= 15 is 0 Å². The van der Waals surface area contributed by atoms with Gasteiger partial charge in [-0.3, -0.25) is 9.52 Å². The van der Waals surface area contributed by atoms with Crippen LogP contribution in [0.25, 0.3) is 12.2 Å². The number of halogens is 2. The molecule has 0 spiro atoms. The zero-order chi connectivity index (χ0) is 22.2. The van der Waals surface area contributed by atoms with Crippen molar-refractivity contribution in [1.29, 1.82) is 0 Å². The first-order valence-electron chi connectivity index (χ1n) is 9.26. The molecule has 2 N–H and O–H groups in total. The molecule has 0 radical (unpaired) electrons. The summed E-state index contributed by atoms with van der Waals surface area (Å²) in [7, 11) is -4.05. The molecule has 2 heterocycles. The van der Waals surface area contributed by atoms with E-state index in [2.05, 4.69) is 15.2 Å². The van der Waals surface area contributed by atoms with E-state index in [4.69, 9.17) is 4.52 Å². The minimum atomic E-state index is -4.05. The molecule has 1 saturated carbocycles. The monoisotopic (exact) mass is 465 g/mol. The minimum absolute atomic E-state index is 0.0228. The number of hydrogen-bond acceptors (Lipinski definition) is 6. The second kappa shape index (κ2) is 8.23.